The van der Waals surface area contributed by atoms with Crippen LogP contribution in [0, 0.1) is 0 Å². The van der Waals surface area contributed by atoms with Crippen LogP contribution in [0.2, 0.25) is 0 Å². The molecule has 0 spiro atoms. The highest BCUT2D eigenvalue weighted by molar-refractivity contribution is 5.42. The van der Waals surface area contributed by atoms with Gasteiger partial charge in [0.05, 0.1) is 20.8 Å². The molecule has 0 radical (unpaired) electrons. The number of hydrogen-bond donors (Lipinski definition) is 1. The monoisotopic (exact) mass is 267 g/mol. The van der Waals surface area contributed by atoms with Crippen LogP contribution in [-0.2, 0) is 11.2 Å². The average molecular weight is 267 g/mol. The van der Waals surface area contributed by atoms with E-state index in [-0.39, 0.29) is 0 Å². The van der Waals surface area contributed by atoms with Crippen LogP contribution in [-0.4, -0.2) is 40.0 Å². The summed E-state index contributed by atoms with van der Waals surface area (Å²) in [7, 11) is 3.30. The second kappa shape index (κ2) is 8.77. The Bertz CT molecular complexity index is 368. The molecular formula is C15H25NO3. The van der Waals surface area contributed by atoms with E-state index in [4.69, 9.17) is 14.2 Å². The highest BCUT2D eigenvalue weighted by Crippen LogP contribution is 2.27. The van der Waals surface area contributed by atoms with Crippen LogP contribution in [0.25, 0.3) is 0 Å². The predicted octanol–water partition coefficient (Wildman–Crippen LogP) is 2.26. The van der Waals surface area contributed by atoms with Gasteiger partial charge in [0.15, 0.2) is 11.5 Å². The second-order valence-electron chi connectivity index (χ2n) is 4.45. The Morgan fingerprint density at radius 1 is 1.16 bits per heavy atom. The van der Waals surface area contributed by atoms with E-state index in [1.165, 1.54) is 5.56 Å². The SMILES string of the molecule is CCOCC(C)NCCc1ccc(OC)c(OC)c1. The maximum absolute atomic E-state index is 5.37. The van der Waals surface area contributed by atoms with Crippen molar-refractivity contribution in [2.45, 2.75) is 26.3 Å². The molecule has 1 aromatic carbocycles. The van der Waals surface area contributed by atoms with E-state index in [0.717, 1.165) is 37.7 Å². The van der Waals surface area contributed by atoms with Crippen molar-refractivity contribution in [3.8, 4) is 11.5 Å². The number of nitrogens with one attached hydrogen (secondary N) is 1. The standard InChI is InChI=1S/C15H25NO3/c1-5-19-11-12(2)16-9-8-13-6-7-14(17-3)15(10-13)18-4/h6-7,10,12,16H,5,8-9,11H2,1-4H3. The van der Waals surface area contributed by atoms with Gasteiger partial charge in [-0.1, -0.05) is 6.07 Å². The fourth-order valence-corrected chi connectivity index (χ4v) is 1.85. The molecule has 1 atom stereocenters. The van der Waals surface area contributed by atoms with Crippen molar-refractivity contribution in [3.63, 3.8) is 0 Å². The zero-order valence-corrected chi connectivity index (χ0v) is 12.4. The summed E-state index contributed by atoms with van der Waals surface area (Å²) in [6.07, 6.45) is 0.955. The predicted molar refractivity (Wildman–Crippen MR) is 77.2 cm³/mol. The molecule has 0 aliphatic heterocycles. The van der Waals surface area contributed by atoms with E-state index in [1.54, 1.807) is 14.2 Å². The third-order valence-corrected chi connectivity index (χ3v) is 2.93. The van der Waals surface area contributed by atoms with Crippen LogP contribution >= 0.6 is 0 Å². The summed E-state index contributed by atoms with van der Waals surface area (Å²) in [5.74, 6) is 1.55. The van der Waals surface area contributed by atoms with Gasteiger partial charge in [0.25, 0.3) is 0 Å². The Morgan fingerprint density at radius 3 is 2.53 bits per heavy atom. The van der Waals surface area contributed by atoms with Crippen LogP contribution in [0.1, 0.15) is 19.4 Å². The van der Waals surface area contributed by atoms with Crippen molar-refractivity contribution in [1.29, 1.82) is 0 Å². The number of methoxy groups -OCH3 is 2. The lowest BCUT2D eigenvalue weighted by Crippen LogP contribution is -2.32. The van der Waals surface area contributed by atoms with Crippen molar-refractivity contribution in [2.75, 3.05) is 34.0 Å². The molecule has 1 N–H and O–H groups in total. The summed E-state index contributed by atoms with van der Waals surface area (Å²) < 4.78 is 15.9. The van der Waals surface area contributed by atoms with Gasteiger partial charge in [0.2, 0.25) is 0 Å². The molecule has 108 valence electrons. The van der Waals surface area contributed by atoms with Gasteiger partial charge >= 0.3 is 0 Å². The summed E-state index contributed by atoms with van der Waals surface area (Å²) in [6, 6.07) is 6.40. The average Bonchev–Trinajstić information content (AvgIpc) is 2.44. The van der Waals surface area contributed by atoms with Gasteiger partial charge in [-0.2, -0.15) is 0 Å². The van der Waals surface area contributed by atoms with Gasteiger partial charge in [0, 0.05) is 12.6 Å². The third-order valence-electron chi connectivity index (χ3n) is 2.93. The van der Waals surface area contributed by atoms with E-state index in [1.807, 2.05) is 19.1 Å². The molecule has 0 aromatic heterocycles. The van der Waals surface area contributed by atoms with Crippen LogP contribution in [0.3, 0.4) is 0 Å². The van der Waals surface area contributed by atoms with Crippen molar-refractivity contribution < 1.29 is 14.2 Å². The molecule has 4 heteroatoms. The van der Waals surface area contributed by atoms with Gasteiger partial charge in [-0.15, -0.1) is 0 Å². The molecule has 1 aromatic rings. The Hall–Kier alpha value is -1.26. The van der Waals surface area contributed by atoms with Gasteiger partial charge in [-0.3, -0.25) is 0 Å². The van der Waals surface area contributed by atoms with E-state index < -0.39 is 0 Å². The maximum atomic E-state index is 5.37. The normalized spacial score (nSPS) is 12.2. The quantitative estimate of drug-likeness (QED) is 0.745. The van der Waals surface area contributed by atoms with Crippen LogP contribution in [0.5, 0.6) is 11.5 Å². The Kier molecular flexibility index (Phi) is 7.30. The molecule has 19 heavy (non-hydrogen) atoms. The zero-order chi connectivity index (χ0) is 14.1. The molecule has 0 aliphatic carbocycles. The minimum Gasteiger partial charge on any atom is -0.493 e. The summed E-state index contributed by atoms with van der Waals surface area (Å²) in [5.41, 5.74) is 1.23. The molecule has 4 nitrogen and oxygen atoms in total. The lowest BCUT2D eigenvalue weighted by molar-refractivity contribution is 0.127. The number of rotatable bonds is 9. The van der Waals surface area contributed by atoms with Crippen LogP contribution in [0.4, 0.5) is 0 Å². The minimum absolute atomic E-state index is 0.375. The van der Waals surface area contributed by atoms with Crippen LogP contribution in [0.15, 0.2) is 18.2 Å². The van der Waals surface area contributed by atoms with Crippen molar-refractivity contribution in [3.05, 3.63) is 23.8 Å². The molecule has 0 aliphatic rings. The lowest BCUT2D eigenvalue weighted by atomic mass is 10.1. The lowest BCUT2D eigenvalue weighted by Gasteiger charge is -2.14. The molecule has 0 saturated heterocycles. The molecular weight excluding hydrogens is 242 g/mol. The minimum atomic E-state index is 0.375. The van der Waals surface area contributed by atoms with Gasteiger partial charge < -0.3 is 19.5 Å². The van der Waals surface area contributed by atoms with E-state index in [2.05, 4.69) is 18.3 Å². The molecule has 0 heterocycles. The first-order valence-corrected chi connectivity index (χ1v) is 6.73. The number of ether oxygens (including phenoxy) is 3. The van der Waals surface area contributed by atoms with E-state index in [0.29, 0.717) is 6.04 Å². The Labute approximate surface area is 116 Å². The van der Waals surface area contributed by atoms with E-state index in [9.17, 15) is 0 Å². The zero-order valence-electron chi connectivity index (χ0n) is 12.4. The summed E-state index contributed by atoms with van der Waals surface area (Å²) in [4.78, 5) is 0. The molecule has 0 amide bonds. The third kappa shape index (κ3) is 5.49. The summed E-state index contributed by atoms with van der Waals surface area (Å²) in [6.45, 7) is 6.58. The number of hydrogen-bond acceptors (Lipinski definition) is 4. The van der Waals surface area contributed by atoms with Gasteiger partial charge in [-0.05, 0) is 44.5 Å². The van der Waals surface area contributed by atoms with Gasteiger partial charge in [0.1, 0.15) is 0 Å². The van der Waals surface area contributed by atoms with Crippen molar-refractivity contribution >= 4 is 0 Å². The maximum Gasteiger partial charge on any atom is 0.160 e. The fraction of sp³-hybridized carbons (Fsp3) is 0.600. The highest BCUT2D eigenvalue weighted by Gasteiger charge is 2.05. The first kappa shape index (κ1) is 15.8. The Morgan fingerprint density at radius 2 is 1.89 bits per heavy atom. The Balaban J connectivity index is 2.41. The number of benzene rings is 1. The fourth-order valence-electron chi connectivity index (χ4n) is 1.85. The van der Waals surface area contributed by atoms with Gasteiger partial charge in [-0.25, -0.2) is 0 Å². The van der Waals surface area contributed by atoms with Crippen LogP contribution < -0.4 is 14.8 Å². The first-order chi connectivity index (χ1) is 9.21. The summed E-state index contributed by atoms with van der Waals surface area (Å²) in [5, 5.41) is 3.43. The van der Waals surface area contributed by atoms with Crippen molar-refractivity contribution in [2.24, 2.45) is 0 Å². The molecule has 0 bridgehead atoms. The molecule has 1 rings (SSSR count). The second-order valence-corrected chi connectivity index (χ2v) is 4.45. The highest BCUT2D eigenvalue weighted by atomic mass is 16.5. The molecule has 0 saturated carbocycles. The first-order valence-electron chi connectivity index (χ1n) is 6.73. The molecule has 1 unspecified atom stereocenters. The molecule has 0 fully saturated rings. The smallest absolute Gasteiger partial charge is 0.160 e. The summed E-state index contributed by atoms with van der Waals surface area (Å²) >= 11 is 0. The van der Waals surface area contributed by atoms with E-state index >= 15 is 0 Å². The van der Waals surface area contributed by atoms with Crippen molar-refractivity contribution in [1.82, 2.24) is 5.32 Å². The largest absolute Gasteiger partial charge is 0.493 e. The topological polar surface area (TPSA) is 39.7 Å².